The van der Waals surface area contributed by atoms with Gasteiger partial charge in [0.2, 0.25) is 11.1 Å². The molecule has 0 radical (unpaired) electrons. The lowest BCUT2D eigenvalue weighted by Crippen LogP contribution is -1.97. The third kappa shape index (κ3) is 2.37. The van der Waals surface area contributed by atoms with Crippen molar-refractivity contribution < 1.29 is 13.5 Å². The van der Waals surface area contributed by atoms with Gasteiger partial charge in [0.25, 0.3) is 0 Å². The number of pyridine rings is 1. The third-order valence-electron chi connectivity index (χ3n) is 1.25. The lowest BCUT2D eigenvalue weighted by molar-refractivity contribution is 0.181. The molecule has 0 aliphatic rings. The molecule has 0 saturated carbocycles. The molecule has 0 aliphatic carbocycles. The van der Waals surface area contributed by atoms with Crippen molar-refractivity contribution in [1.82, 2.24) is 4.98 Å². The molecule has 1 atom stereocenters. The Morgan fingerprint density at radius 3 is 3.00 bits per heavy atom. The predicted molar refractivity (Wildman–Crippen MR) is 44.0 cm³/mol. The molecule has 1 rings (SSSR count). The zero-order valence-electron chi connectivity index (χ0n) is 6.56. The smallest absolute Gasteiger partial charge is 0.205 e. The Morgan fingerprint density at radius 2 is 2.42 bits per heavy atom. The summed E-state index contributed by atoms with van der Waals surface area (Å²) in [6, 6.07) is 4.90. The number of ether oxygens (including phenoxy) is 1. The molecule has 66 valence electrons. The van der Waals surface area contributed by atoms with Gasteiger partial charge in [-0.2, -0.15) is 0 Å². The summed E-state index contributed by atoms with van der Waals surface area (Å²) in [5.41, 5.74) is 0.650. The van der Waals surface area contributed by atoms with Crippen molar-refractivity contribution in [2.24, 2.45) is 0 Å². The molecule has 1 heterocycles. The largest absolute Gasteiger partial charge is 0.378 e. The standard InChI is InChI=1S/C7H9NO3S/c1-11-5-6-3-2-4-7(8-6)12(9)10/h2-4H,5H2,1H3,(H,9,10). The number of aromatic nitrogens is 1. The van der Waals surface area contributed by atoms with Gasteiger partial charge in [-0.3, -0.25) is 0 Å². The van der Waals surface area contributed by atoms with E-state index in [1.54, 1.807) is 19.2 Å². The van der Waals surface area contributed by atoms with Crippen molar-refractivity contribution in [3.63, 3.8) is 0 Å². The fourth-order valence-corrected chi connectivity index (χ4v) is 1.17. The monoisotopic (exact) mass is 187 g/mol. The summed E-state index contributed by atoms with van der Waals surface area (Å²) in [6.45, 7) is 0.352. The summed E-state index contributed by atoms with van der Waals surface area (Å²) in [5, 5.41) is 0.157. The van der Waals surface area contributed by atoms with E-state index in [1.165, 1.54) is 6.07 Å². The second-order valence-electron chi connectivity index (χ2n) is 2.15. The summed E-state index contributed by atoms with van der Waals surface area (Å²) in [6.07, 6.45) is 0. The summed E-state index contributed by atoms with van der Waals surface area (Å²) in [7, 11) is 1.55. The van der Waals surface area contributed by atoms with Gasteiger partial charge in [-0.25, -0.2) is 9.19 Å². The number of methoxy groups -OCH3 is 1. The molecule has 0 aromatic carbocycles. The maximum atomic E-state index is 10.6. The normalized spacial score (nSPS) is 12.8. The van der Waals surface area contributed by atoms with Crippen LogP contribution < -0.4 is 0 Å². The van der Waals surface area contributed by atoms with E-state index in [4.69, 9.17) is 9.29 Å². The SMILES string of the molecule is COCc1cccc(S(=O)O)n1. The first-order chi connectivity index (χ1) is 5.74. The van der Waals surface area contributed by atoms with Crippen molar-refractivity contribution in [2.45, 2.75) is 11.6 Å². The Morgan fingerprint density at radius 1 is 1.67 bits per heavy atom. The van der Waals surface area contributed by atoms with E-state index >= 15 is 0 Å². The van der Waals surface area contributed by atoms with Crippen molar-refractivity contribution in [3.05, 3.63) is 23.9 Å². The summed E-state index contributed by atoms with van der Waals surface area (Å²) >= 11 is -2.01. The van der Waals surface area contributed by atoms with Gasteiger partial charge in [-0.05, 0) is 12.1 Å². The van der Waals surface area contributed by atoms with Crippen LogP contribution in [0.1, 0.15) is 5.69 Å². The Hall–Kier alpha value is -0.780. The molecule has 0 bridgehead atoms. The van der Waals surface area contributed by atoms with Gasteiger partial charge in [0.05, 0.1) is 12.3 Å². The maximum Gasteiger partial charge on any atom is 0.205 e. The van der Waals surface area contributed by atoms with Gasteiger partial charge in [0, 0.05) is 7.11 Å². The molecule has 12 heavy (non-hydrogen) atoms. The molecule has 0 spiro atoms. The van der Waals surface area contributed by atoms with E-state index in [1.807, 2.05) is 0 Å². The van der Waals surface area contributed by atoms with E-state index in [0.717, 1.165) is 0 Å². The number of hydrogen-bond donors (Lipinski definition) is 1. The number of rotatable bonds is 3. The van der Waals surface area contributed by atoms with E-state index < -0.39 is 11.1 Å². The van der Waals surface area contributed by atoms with Crippen LogP contribution in [0.4, 0.5) is 0 Å². The van der Waals surface area contributed by atoms with Crippen LogP contribution in [0, 0.1) is 0 Å². The van der Waals surface area contributed by atoms with Gasteiger partial charge in [0.1, 0.15) is 0 Å². The molecule has 4 nitrogen and oxygen atoms in total. The zero-order chi connectivity index (χ0) is 8.97. The van der Waals surface area contributed by atoms with E-state index in [2.05, 4.69) is 4.98 Å². The zero-order valence-corrected chi connectivity index (χ0v) is 7.37. The predicted octanol–water partition coefficient (Wildman–Crippen LogP) is 0.809. The third-order valence-corrected chi connectivity index (χ3v) is 1.84. The molecule has 1 aromatic heterocycles. The van der Waals surface area contributed by atoms with Crippen LogP contribution in [-0.2, 0) is 22.4 Å². The average molecular weight is 187 g/mol. The molecule has 1 N–H and O–H groups in total. The van der Waals surface area contributed by atoms with Gasteiger partial charge in [-0.15, -0.1) is 0 Å². The van der Waals surface area contributed by atoms with Crippen molar-refractivity contribution in [1.29, 1.82) is 0 Å². The highest BCUT2D eigenvalue weighted by Crippen LogP contribution is 2.03. The molecule has 1 unspecified atom stereocenters. The summed E-state index contributed by atoms with van der Waals surface area (Å²) in [5.74, 6) is 0. The van der Waals surface area contributed by atoms with E-state index in [0.29, 0.717) is 12.3 Å². The lowest BCUT2D eigenvalue weighted by Gasteiger charge is -1.99. The first kappa shape index (κ1) is 9.31. The summed E-state index contributed by atoms with van der Waals surface area (Å²) < 4.78 is 24.1. The van der Waals surface area contributed by atoms with Crippen LogP contribution in [0.15, 0.2) is 23.2 Å². The van der Waals surface area contributed by atoms with Crippen LogP contribution in [0.2, 0.25) is 0 Å². The van der Waals surface area contributed by atoms with E-state index in [9.17, 15) is 4.21 Å². The second kappa shape index (κ2) is 4.30. The first-order valence-electron chi connectivity index (χ1n) is 3.30. The molecular formula is C7H9NO3S. The highest BCUT2D eigenvalue weighted by molar-refractivity contribution is 7.79. The highest BCUT2D eigenvalue weighted by Gasteiger charge is 2.01. The Bertz CT molecular complexity index is 290. The van der Waals surface area contributed by atoms with Gasteiger partial charge in [0.15, 0.2) is 5.03 Å². The van der Waals surface area contributed by atoms with Crippen LogP contribution in [0.5, 0.6) is 0 Å². The fraction of sp³-hybridized carbons (Fsp3) is 0.286. The number of hydrogen-bond acceptors (Lipinski definition) is 3. The van der Waals surface area contributed by atoms with Gasteiger partial charge >= 0.3 is 0 Å². The molecule has 0 aliphatic heterocycles. The second-order valence-corrected chi connectivity index (χ2v) is 3.07. The fourth-order valence-electron chi connectivity index (χ4n) is 0.783. The Balaban J connectivity index is 2.88. The molecule has 1 aromatic rings. The van der Waals surface area contributed by atoms with Crippen LogP contribution in [-0.4, -0.2) is 20.9 Å². The van der Waals surface area contributed by atoms with Gasteiger partial charge < -0.3 is 9.29 Å². The minimum Gasteiger partial charge on any atom is -0.378 e. The minimum absolute atomic E-state index is 0.157. The van der Waals surface area contributed by atoms with Crippen LogP contribution >= 0.6 is 0 Å². The van der Waals surface area contributed by atoms with E-state index in [-0.39, 0.29) is 5.03 Å². The first-order valence-corrected chi connectivity index (χ1v) is 4.40. The Labute approximate surface area is 72.9 Å². The van der Waals surface area contributed by atoms with Crippen LogP contribution in [0.25, 0.3) is 0 Å². The highest BCUT2D eigenvalue weighted by atomic mass is 32.2. The van der Waals surface area contributed by atoms with Crippen molar-refractivity contribution >= 4 is 11.1 Å². The van der Waals surface area contributed by atoms with Crippen molar-refractivity contribution in [3.8, 4) is 0 Å². The van der Waals surface area contributed by atoms with Crippen LogP contribution in [0.3, 0.4) is 0 Å². The lowest BCUT2D eigenvalue weighted by atomic mass is 10.4. The maximum absolute atomic E-state index is 10.6. The summed E-state index contributed by atoms with van der Waals surface area (Å²) in [4.78, 5) is 3.89. The topological polar surface area (TPSA) is 59.4 Å². The van der Waals surface area contributed by atoms with Crippen molar-refractivity contribution in [2.75, 3.05) is 7.11 Å². The molecule has 5 heteroatoms. The van der Waals surface area contributed by atoms with Gasteiger partial charge in [-0.1, -0.05) is 6.07 Å². The average Bonchev–Trinajstić information content (AvgIpc) is 2.05. The molecule has 0 amide bonds. The Kier molecular flexibility index (Phi) is 3.33. The molecule has 0 fully saturated rings. The quantitative estimate of drug-likeness (QED) is 0.711. The minimum atomic E-state index is -2.01. The molecular weight excluding hydrogens is 178 g/mol. The molecule has 0 saturated heterocycles. The number of nitrogens with zero attached hydrogens (tertiary/aromatic N) is 1.